The highest BCUT2D eigenvalue weighted by Crippen LogP contribution is 2.32. The van der Waals surface area contributed by atoms with Gasteiger partial charge < -0.3 is 19.9 Å². The van der Waals surface area contributed by atoms with Crippen LogP contribution in [0.3, 0.4) is 0 Å². The summed E-state index contributed by atoms with van der Waals surface area (Å²) < 4.78 is 33.0. The monoisotopic (exact) mass is 413 g/mol. The predicted octanol–water partition coefficient (Wildman–Crippen LogP) is 1.83. The normalized spacial score (nSPS) is 15.9. The van der Waals surface area contributed by atoms with E-state index < -0.39 is 23.7 Å². The highest BCUT2D eigenvalue weighted by atomic mass is 19.1. The van der Waals surface area contributed by atoms with Crippen molar-refractivity contribution >= 4 is 17.5 Å². The minimum atomic E-state index is -1.05. The molecule has 4 rings (SSSR count). The van der Waals surface area contributed by atoms with Crippen LogP contribution in [0, 0.1) is 11.6 Å². The molecule has 1 unspecified atom stereocenters. The number of aromatic amines is 1. The zero-order valence-electron chi connectivity index (χ0n) is 15.9. The molecule has 1 aromatic heterocycles. The van der Waals surface area contributed by atoms with Gasteiger partial charge in [0.2, 0.25) is 5.82 Å². The van der Waals surface area contributed by atoms with Gasteiger partial charge in [0.25, 0.3) is 11.8 Å². The molecule has 10 heteroatoms. The number of aromatic nitrogens is 3. The fourth-order valence-corrected chi connectivity index (χ4v) is 3.17. The number of benzene rings is 2. The van der Waals surface area contributed by atoms with Gasteiger partial charge >= 0.3 is 0 Å². The van der Waals surface area contributed by atoms with E-state index in [0.29, 0.717) is 11.4 Å². The van der Waals surface area contributed by atoms with Gasteiger partial charge in [0.15, 0.2) is 5.82 Å². The summed E-state index contributed by atoms with van der Waals surface area (Å²) >= 11 is 0. The Morgan fingerprint density at radius 3 is 2.87 bits per heavy atom. The lowest BCUT2D eigenvalue weighted by Crippen LogP contribution is -2.49. The van der Waals surface area contributed by atoms with E-state index in [1.54, 1.807) is 18.2 Å². The van der Waals surface area contributed by atoms with Gasteiger partial charge in [-0.05, 0) is 29.8 Å². The molecule has 0 saturated heterocycles. The molecule has 30 heavy (non-hydrogen) atoms. The van der Waals surface area contributed by atoms with Crippen molar-refractivity contribution in [1.29, 1.82) is 0 Å². The summed E-state index contributed by atoms with van der Waals surface area (Å²) in [5.74, 6) is -1.72. The second-order valence-electron chi connectivity index (χ2n) is 6.75. The van der Waals surface area contributed by atoms with E-state index in [4.69, 9.17) is 4.74 Å². The molecule has 2 aromatic carbocycles. The van der Waals surface area contributed by atoms with Crippen LogP contribution in [-0.4, -0.2) is 46.7 Å². The fraction of sp³-hybridized carbons (Fsp3) is 0.200. The lowest BCUT2D eigenvalue weighted by Gasteiger charge is -2.20. The van der Waals surface area contributed by atoms with E-state index in [-0.39, 0.29) is 36.1 Å². The van der Waals surface area contributed by atoms with Crippen molar-refractivity contribution in [1.82, 2.24) is 20.5 Å². The Hall–Kier alpha value is -3.82. The van der Waals surface area contributed by atoms with E-state index in [2.05, 4.69) is 20.5 Å². The number of H-pyrrole nitrogens is 1. The maximum absolute atomic E-state index is 14.1. The van der Waals surface area contributed by atoms with Gasteiger partial charge in [-0.2, -0.15) is 0 Å². The third kappa shape index (κ3) is 3.84. The first-order valence-corrected chi connectivity index (χ1v) is 9.08. The summed E-state index contributed by atoms with van der Waals surface area (Å²) in [5.41, 5.74) is 0.670. The predicted molar refractivity (Wildman–Crippen MR) is 102 cm³/mol. The van der Waals surface area contributed by atoms with Crippen molar-refractivity contribution in [2.45, 2.75) is 12.5 Å². The molecule has 0 aliphatic carbocycles. The molecular weight excluding hydrogens is 396 g/mol. The minimum absolute atomic E-state index is 0.0105. The maximum atomic E-state index is 14.1. The van der Waals surface area contributed by atoms with Crippen molar-refractivity contribution in [3.8, 4) is 5.75 Å². The fourth-order valence-electron chi connectivity index (χ4n) is 3.17. The summed E-state index contributed by atoms with van der Waals surface area (Å²) in [6, 6.07) is 9.17. The quantitative estimate of drug-likeness (QED) is 0.680. The number of rotatable bonds is 4. The molecule has 1 aliphatic heterocycles. The summed E-state index contributed by atoms with van der Waals surface area (Å²) in [7, 11) is 1.41. The van der Waals surface area contributed by atoms with E-state index >= 15 is 0 Å². The molecule has 0 spiro atoms. The number of nitrogens with one attached hydrogen (secondary N) is 2. The van der Waals surface area contributed by atoms with Gasteiger partial charge in [-0.25, -0.2) is 8.78 Å². The number of likely N-dealkylation sites (N-methyl/N-ethyl adjacent to an activating group) is 1. The number of carbonyl (C=O) groups is 2. The zero-order valence-corrected chi connectivity index (χ0v) is 15.9. The van der Waals surface area contributed by atoms with E-state index in [0.717, 1.165) is 4.90 Å². The Kier molecular flexibility index (Phi) is 5.13. The van der Waals surface area contributed by atoms with Crippen LogP contribution in [-0.2, 0) is 11.2 Å². The van der Waals surface area contributed by atoms with Gasteiger partial charge in [-0.15, -0.1) is 10.2 Å². The molecule has 1 aliphatic rings. The van der Waals surface area contributed by atoms with Crippen molar-refractivity contribution in [2.24, 2.45) is 0 Å². The standard InChI is InChI=1S/C20H17F2N5O3/c1-27-17-13(22)6-3-7-15(17)30-10-14(20(27)29)23-19(28)18-24-16(25-26-18)9-11-4-2-5-12(21)8-11/h2-8,14H,9-10H2,1H3,(H,23,28)(H,24,25,26). The minimum Gasteiger partial charge on any atom is -0.489 e. The van der Waals surface area contributed by atoms with Gasteiger partial charge in [-0.1, -0.05) is 18.2 Å². The van der Waals surface area contributed by atoms with Crippen LogP contribution in [0.25, 0.3) is 0 Å². The number of para-hydroxylation sites is 1. The van der Waals surface area contributed by atoms with Gasteiger partial charge in [-0.3, -0.25) is 9.59 Å². The first-order chi connectivity index (χ1) is 14.4. The first kappa shape index (κ1) is 19.5. The molecule has 2 heterocycles. The number of anilines is 1. The SMILES string of the molecule is CN1C(=O)C(NC(=O)c2nnc(Cc3cccc(F)c3)[nH]2)COc2cccc(F)c21. The lowest BCUT2D eigenvalue weighted by molar-refractivity contribution is -0.120. The van der Waals surface area contributed by atoms with Crippen molar-refractivity contribution in [2.75, 3.05) is 18.6 Å². The number of nitrogens with zero attached hydrogens (tertiary/aromatic N) is 3. The third-order valence-electron chi connectivity index (χ3n) is 4.63. The van der Waals surface area contributed by atoms with Gasteiger partial charge in [0.05, 0.1) is 0 Å². The zero-order chi connectivity index (χ0) is 21.3. The molecule has 2 amide bonds. The maximum Gasteiger partial charge on any atom is 0.289 e. The number of ether oxygens (including phenoxy) is 1. The Labute approximate surface area is 169 Å². The smallest absolute Gasteiger partial charge is 0.289 e. The van der Waals surface area contributed by atoms with Crippen LogP contribution in [0.5, 0.6) is 5.75 Å². The van der Waals surface area contributed by atoms with E-state index in [1.165, 1.54) is 31.3 Å². The van der Waals surface area contributed by atoms with Crippen LogP contribution >= 0.6 is 0 Å². The van der Waals surface area contributed by atoms with E-state index in [9.17, 15) is 18.4 Å². The number of amides is 2. The summed E-state index contributed by atoms with van der Waals surface area (Å²) in [5, 5.41) is 10.2. The Morgan fingerprint density at radius 2 is 2.07 bits per heavy atom. The molecule has 0 fully saturated rings. The van der Waals surface area contributed by atoms with Crippen LogP contribution in [0.15, 0.2) is 42.5 Å². The second kappa shape index (κ2) is 7.90. The topological polar surface area (TPSA) is 100 Å². The second-order valence-corrected chi connectivity index (χ2v) is 6.75. The van der Waals surface area contributed by atoms with Crippen molar-refractivity contribution < 1.29 is 23.1 Å². The summed E-state index contributed by atoms with van der Waals surface area (Å²) in [6.45, 7) is -0.171. The van der Waals surface area contributed by atoms with Gasteiger partial charge in [0, 0.05) is 13.5 Å². The first-order valence-electron chi connectivity index (χ1n) is 9.08. The molecule has 8 nitrogen and oxygen atoms in total. The van der Waals surface area contributed by atoms with Crippen molar-refractivity contribution in [3.63, 3.8) is 0 Å². The molecule has 0 saturated carbocycles. The average molecular weight is 413 g/mol. The largest absolute Gasteiger partial charge is 0.489 e. The highest BCUT2D eigenvalue weighted by Gasteiger charge is 2.33. The average Bonchev–Trinajstić information content (AvgIpc) is 3.14. The molecule has 3 aromatic rings. The summed E-state index contributed by atoms with van der Waals surface area (Å²) in [6.07, 6.45) is 0.251. The molecule has 154 valence electrons. The number of halogens is 2. The van der Waals surface area contributed by atoms with Crippen LogP contribution in [0.4, 0.5) is 14.5 Å². The van der Waals surface area contributed by atoms with Gasteiger partial charge in [0.1, 0.15) is 35.7 Å². The third-order valence-corrected chi connectivity index (χ3v) is 4.63. The Morgan fingerprint density at radius 1 is 1.27 bits per heavy atom. The van der Waals surface area contributed by atoms with E-state index in [1.807, 2.05) is 0 Å². The molecule has 1 atom stereocenters. The molecule has 0 bridgehead atoms. The highest BCUT2D eigenvalue weighted by molar-refractivity contribution is 6.02. The lowest BCUT2D eigenvalue weighted by atomic mass is 10.1. The Balaban J connectivity index is 1.46. The number of carbonyl (C=O) groups excluding carboxylic acids is 2. The Bertz CT molecular complexity index is 1120. The van der Waals surface area contributed by atoms with Crippen LogP contribution in [0.1, 0.15) is 22.0 Å². The van der Waals surface area contributed by atoms with Crippen LogP contribution in [0.2, 0.25) is 0 Å². The number of fused-ring (bicyclic) bond motifs is 1. The molecular formula is C20H17F2N5O3. The molecule has 0 radical (unpaired) electrons. The molecule has 2 N–H and O–H groups in total. The number of hydrogen-bond acceptors (Lipinski definition) is 5. The van der Waals surface area contributed by atoms with Crippen molar-refractivity contribution in [3.05, 3.63) is 71.3 Å². The van der Waals surface area contributed by atoms with Crippen LogP contribution < -0.4 is 15.0 Å². The summed E-state index contributed by atoms with van der Waals surface area (Å²) in [4.78, 5) is 29.1. The number of hydrogen-bond donors (Lipinski definition) is 2.